The van der Waals surface area contributed by atoms with Gasteiger partial charge in [0.2, 0.25) is 0 Å². The van der Waals surface area contributed by atoms with Crippen molar-refractivity contribution in [1.29, 1.82) is 0 Å². The van der Waals surface area contributed by atoms with E-state index in [1.165, 1.54) is 5.56 Å². The van der Waals surface area contributed by atoms with Crippen LogP contribution in [0.5, 0.6) is 5.75 Å². The Kier molecular flexibility index (Phi) is 7.28. The number of methoxy groups -OCH3 is 1. The molecule has 0 bridgehead atoms. The molecule has 2 amide bonds. The first-order valence-electron chi connectivity index (χ1n) is 12.3. The van der Waals surface area contributed by atoms with Crippen LogP contribution in [0.3, 0.4) is 0 Å². The molecule has 4 aromatic rings. The van der Waals surface area contributed by atoms with E-state index in [2.05, 4.69) is 46.0 Å². The number of urea groups is 1. The van der Waals surface area contributed by atoms with Crippen molar-refractivity contribution in [3.63, 3.8) is 0 Å². The van der Waals surface area contributed by atoms with Crippen LogP contribution in [0, 0.1) is 0 Å². The SMILES string of the molecule is COc1ccc(-c2nn(-c3ccccc3)cc2CN2CCC(NC(=O)Nc3ccccc3)CC2)cc1. The third-order valence-electron chi connectivity index (χ3n) is 6.52. The summed E-state index contributed by atoms with van der Waals surface area (Å²) in [5.41, 5.74) is 5.05. The number of aromatic nitrogens is 2. The highest BCUT2D eigenvalue weighted by molar-refractivity contribution is 5.89. The molecule has 1 saturated heterocycles. The summed E-state index contributed by atoms with van der Waals surface area (Å²) in [7, 11) is 1.67. The number of amides is 2. The predicted octanol–water partition coefficient (Wildman–Crippen LogP) is 5.33. The Morgan fingerprint density at radius 3 is 2.28 bits per heavy atom. The fraction of sp³-hybridized carbons (Fsp3) is 0.241. The van der Waals surface area contributed by atoms with E-state index in [9.17, 15) is 4.79 Å². The van der Waals surface area contributed by atoms with E-state index in [-0.39, 0.29) is 12.1 Å². The van der Waals surface area contributed by atoms with Crippen LogP contribution in [0.2, 0.25) is 0 Å². The van der Waals surface area contributed by atoms with Crippen LogP contribution in [0.1, 0.15) is 18.4 Å². The number of nitrogens with one attached hydrogen (secondary N) is 2. The molecular weight excluding hydrogens is 450 g/mol. The molecular formula is C29H31N5O2. The first kappa shape index (κ1) is 23.6. The summed E-state index contributed by atoms with van der Waals surface area (Å²) >= 11 is 0. The molecule has 1 aromatic heterocycles. The Balaban J connectivity index is 1.25. The molecule has 0 unspecified atom stereocenters. The van der Waals surface area contributed by atoms with Crippen molar-refractivity contribution in [3.8, 4) is 22.7 Å². The number of para-hydroxylation sites is 2. The molecule has 3 aromatic carbocycles. The average molecular weight is 482 g/mol. The molecule has 0 aliphatic carbocycles. The van der Waals surface area contributed by atoms with Crippen LogP contribution in [0.15, 0.2) is 91.1 Å². The zero-order valence-electron chi connectivity index (χ0n) is 20.4. The van der Waals surface area contributed by atoms with Gasteiger partial charge in [-0.05, 0) is 61.4 Å². The van der Waals surface area contributed by atoms with Gasteiger partial charge >= 0.3 is 6.03 Å². The smallest absolute Gasteiger partial charge is 0.319 e. The van der Waals surface area contributed by atoms with Gasteiger partial charge in [0.25, 0.3) is 0 Å². The van der Waals surface area contributed by atoms with Crippen molar-refractivity contribution in [2.75, 3.05) is 25.5 Å². The summed E-state index contributed by atoms with van der Waals surface area (Å²) in [6.07, 6.45) is 3.95. The van der Waals surface area contributed by atoms with Crippen LogP contribution in [0.25, 0.3) is 16.9 Å². The zero-order valence-corrected chi connectivity index (χ0v) is 20.4. The minimum atomic E-state index is -0.148. The molecule has 0 saturated carbocycles. The van der Waals surface area contributed by atoms with E-state index >= 15 is 0 Å². The Morgan fingerprint density at radius 1 is 0.944 bits per heavy atom. The molecule has 5 rings (SSSR count). The lowest BCUT2D eigenvalue weighted by atomic mass is 10.0. The molecule has 2 heterocycles. The molecule has 1 fully saturated rings. The molecule has 0 radical (unpaired) electrons. The van der Waals surface area contributed by atoms with Crippen LogP contribution >= 0.6 is 0 Å². The Labute approximate surface area is 211 Å². The van der Waals surface area contributed by atoms with Gasteiger partial charge in [-0.1, -0.05) is 36.4 Å². The number of rotatable bonds is 7. The summed E-state index contributed by atoms with van der Waals surface area (Å²) in [4.78, 5) is 14.8. The molecule has 1 aliphatic heterocycles. The lowest BCUT2D eigenvalue weighted by Gasteiger charge is -2.32. The fourth-order valence-corrected chi connectivity index (χ4v) is 4.58. The summed E-state index contributed by atoms with van der Waals surface area (Å²) in [5.74, 6) is 0.827. The molecule has 184 valence electrons. The van der Waals surface area contributed by atoms with Crippen molar-refractivity contribution < 1.29 is 9.53 Å². The van der Waals surface area contributed by atoms with Crippen LogP contribution in [0.4, 0.5) is 10.5 Å². The third kappa shape index (κ3) is 5.75. The average Bonchev–Trinajstić information content (AvgIpc) is 3.34. The highest BCUT2D eigenvalue weighted by Crippen LogP contribution is 2.27. The van der Waals surface area contributed by atoms with E-state index in [0.29, 0.717) is 0 Å². The fourth-order valence-electron chi connectivity index (χ4n) is 4.58. The number of carbonyl (C=O) groups is 1. The zero-order chi connectivity index (χ0) is 24.7. The maximum Gasteiger partial charge on any atom is 0.319 e. The second-order valence-corrected chi connectivity index (χ2v) is 9.03. The van der Waals surface area contributed by atoms with Gasteiger partial charge in [-0.25, -0.2) is 9.48 Å². The van der Waals surface area contributed by atoms with Crippen LogP contribution < -0.4 is 15.4 Å². The van der Waals surface area contributed by atoms with Crippen LogP contribution in [-0.4, -0.2) is 47.0 Å². The Morgan fingerprint density at radius 2 is 1.61 bits per heavy atom. The number of anilines is 1. The number of nitrogens with zero attached hydrogens (tertiary/aromatic N) is 3. The highest BCUT2D eigenvalue weighted by Gasteiger charge is 2.23. The summed E-state index contributed by atoms with van der Waals surface area (Å²) in [5, 5.41) is 11.0. The topological polar surface area (TPSA) is 71.4 Å². The van der Waals surface area contributed by atoms with Gasteiger partial charge in [0, 0.05) is 48.7 Å². The maximum absolute atomic E-state index is 12.4. The second kappa shape index (κ2) is 11.1. The van der Waals surface area contributed by atoms with Gasteiger partial charge in [-0.15, -0.1) is 0 Å². The van der Waals surface area contributed by atoms with Crippen molar-refractivity contribution in [3.05, 3.63) is 96.7 Å². The number of carbonyl (C=O) groups excluding carboxylic acids is 1. The van der Waals surface area contributed by atoms with E-state index in [4.69, 9.17) is 9.84 Å². The monoisotopic (exact) mass is 481 g/mol. The van der Waals surface area contributed by atoms with Crippen LogP contribution in [-0.2, 0) is 6.54 Å². The molecule has 0 spiro atoms. The lowest BCUT2D eigenvalue weighted by molar-refractivity contribution is 0.190. The summed E-state index contributed by atoms with van der Waals surface area (Å²) < 4.78 is 7.29. The Hall–Kier alpha value is -4.10. The van der Waals surface area contributed by atoms with Gasteiger partial charge < -0.3 is 15.4 Å². The molecule has 36 heavy (non-hydrogen) atoms. The summed E-state index contributed by atoms with van der Waals surface area (Å²) in [6.45, 7) is 2.63. The van der Waals surface area contributed by atoms with Gasteiger partial charge in [0.15, 0.2) is 0 Å². The number of benzene rings is 3. The summed E-state index contributed by atoms with van der Waals surface area (Å²) in [6, 6.07) is 27.8. The van der Waals surface area contributed by atoms with E-state index in [1.807, 2.05) is 65.3 Å². The van der Waals surface area contributed by atoms with E-state index < -0.39 is 0 Å². The first-order chi connectivity index (χ1) is 17.7. The van der Waals surface area contributed by atoms with Crippen molar-refractivity contribution in [2.24, 2.45) is 0 Å². The molecule has 2 N–H and O–H groups in total. The van der Waals surface area contributed by atoms with Crippen molar-refractivity contribution in [1.82, 2.24) is 20.0 Å². The number of hydrogen-bond acceptors (Lipinski definition) is 4. The van der Waals surface area contributed by atoms with Crippen molar-refractivity contribution >= 4 is 11.7 Å². The first-order valence-corrected chi connectivity index (χ1v) is 12.3. The van der Waals surface area contributed by atoms with Gasteiger partial charge in [-0.2, -0.15) is 5.10 Å². The number of ether oxygens (including phenoxy) is 1. The van der Waals surface area contributed by atoms with Gasteiger partial charge in [0.05, 0.1) is 18.5 Å². The maximum atomic E-state index is 12.4. The number of likely N-dealkylation sites (tertiary alicyclic amines) is 1. The predicted molar refractivity (Wildman–Crippen MR) is 142 cm³/mol. The molecule has 7 heteroatoms. The quantitative estimate of drug-likeness (QED) is 0.374. The van der Waals surface area contributed by atoms with E-state index in [0.717, 1.165) is 60.9 Å². The van der Waals surface area contributed by atoms with E-state index in [1.54, 1.807) is 7.11 Å². The third-order valence-corrected chi connectivity index (χ3v) is 6.52. The highest BCUT2D eigenvalue weighted by atomic mass is 16.5. The molecule has 1 aliphatic rings. The van der Waals surface area contributed by atoms with Crippen molar-refractivity contribution in [2.45, 2.75) is 25.4 Å². The number of piperidine rings is 1. The Bertz CT molecular complexity index is 1260. The minimum Gasteiger partial charge on any atom is -0.497 e. The standard InChI is InChI=1S/C29H31N5O2/c1-36-27-14-12-22(13-15-27)28-23(21-34(32-28)26-10-6-3-7-11-26)20-33-18-16-25(17-19-33)31-29(35)30-24-8-4-2-5-9-24/h2-15,21,25H,16-20H2,1H3,(H2,30,31,35). The van der Waals surface area contributed by atoms with Gasteiger partial charge in [0.1, 0.15) is 5.75 Å². The molecule has 7 nitrogen and oxygen atoms in total. The second-order valence-electron chi connectivity index (χ2n) is 9.03. The molecule has 0 atom stereocenters. The van der Waals surface area contributed by atoms with Gasteiger partial charge in [-0.3, -0.25) is 4.90 Å². The largest absolute Gasteiger partial charge is 0.497 e. The normalized spacial score (nSPS) is 14.4. The number of hydrogen-bond donors (Lipinski definition) is 2. The lowest BCUT2D eigenvalue weighted by Crippen LogP contribution is -2.45. The minimum absolute atomic E-state index is 0.148.